The quantitative estimate of drug-likeness (QED) is 0.809. The molecule has 0 radical (unpaired) electrons. The first-order chi connectivity index (χ1) is 13.4. The van der Waals surface area contributed by atoms with E-state index in [1.165, 1.54) is 0 Å². The van der Waals surface area contributed by atoms with Crippen LogP contribution >= 0.6 is 0 Å². The summed E-state index contributed by atoms with van der Waals surface area (Å²) in [6.07, 6.45) is 0.609. The molecule has 0 saturated heterocycles. The maximum atomic E-state index is 12.8. The Bertz CT molecular complexity index is 906. The predicted molar refractivity (Wildman–Crippen MR) is 114 cm³/mol. The van der Waals surface area contributed by atoms with E-state index in [0.29, 0.717) is 6.42 Å². The fourth-order valence-corrected chi connectivity index (χ4v) is 3.92. The lowest BCUT2D eigenvalue weighted by molar-refractivity contribution is -0.124. The number of rotatable bonds is 3. The molecule has 0 aliphatic carbocycles. The summed E-state index contributed by atoms with van der Waals surface area (Å²) in [6, 6.07) is 14.0. The molecule has 1 aliphatic heterocycles. The Morgan fingerprint density at radius 3 is 2.46 bits per heavy atom. The summed E-state index contributed by atoms with van der Waals surface area (Å²) in [7, 11) is 1.98. The number of hydrogen-bond donors (Lipinski definition) is 2. The Labute approximate surface area is 167 Å². The molecule has 0 fully saturated rings. The molecule has 0 aromatic heterocycles. The molecule has 28 heavy (non-hydrogen) atoms. The van der Waals surface area contributed by atoms with E-state index in [4.69, 9.17) is 0 Å². The largest absolute Gasteiger partial charge is 0.394 e. The molecule has 0 bridgehead atoms. The molecule has 2 N–H and O–H groups in total. The van der Waals surface area contributed by atoms with Crippen molar-refractivity contribution < 1.29 is 9.90 Å². The molecule has 1 aliphatic rings. The van der Waals surface area contributed by atoms with Crippen LogP contribution in [0.5, 0.6) is 0 Å². The normalized spacial score (nSPS) is 19.2. The van der Waals surface area contributed by atoms with Gasteiger partial charge in [0.1, 0.15) is 6.04 Å². The number of carbonyl (C=O) groups is 1. The number of aliphatic hydroxyl groups is 1. The molecule has 2 aromatic rings. The Morgan fingerprint density at radius 1 is 1.18 bits per heavy atom. The van der Waals surface area contributed by atoms with Crippen molar-refractivity contribution in [3.05, 3.63) is 53.6 Å². The highest BCUT2D eigenvalue weighted by molar-refractivity contribution is 5.87. The predicted octanol–water partition coefficient (Wildman–Crippen LogP) is 3.22. The van der Waals surface area contributed by atoms with E-state index in [-0.39, 0.29) is 30.5 Å². The van der Waals surface area contributed by atoms with Gasteiger partial charge in [0, 0.05) is 18.3 Å². The van der Waals surface area contributed by atoms with E-state index < -0.39 is 0 Å². The first-order valence-corrected chi connectivity index (χ1v) is 9.74. The minimum atomic E-state index is -0.287. The standard InChI is InChI=1S/C24H28N2O2/c1-5-6-17-7-9-18(10-8-17)19-11-12-20-13-21(15-27)25-24(28)23(16(2)3)26(4)22(20)14-19/h7-12,14,16,21,23,27H,13,15H2,1-4H3,(H,25,28)/t21-,23?/m0/s1. The minimum absolute atomic E-state index is 0.0323. The molecule has 0 spiro atoms. The van der Waals surface area contributed by atoms with Gasteiger partial charge in [0.05, 0.1) is 12.6 Å². The number of aliphatic hydroxyl groups excluding tert-OH is 1. The molecule has 146 valence electrons. The summed E-state index contributed by atoms with van der Waals surface area (Å²) >= 11 is 0. The molecule has 2 atom stereocenters. The van der Waals surface area contributed by atoms with Gasteiger partial charge in [0.15, 0.2) is 0 Å². The highest BCUT2D eigenvalue weighted by atomic mass is 16.3. The van der Waals surface area contributed by atoms with Crippen LogP contribution in [0.4, 0.5) is 5.69 Å². The number of nitrogens with one attached hydrogen (secondary N) is 1. The summed E-state index contributed by atoms with van der Waals surface area (Å²) in [4.78, 5) is 14.8. The summed E-state index contributed by atoms with van der Waals surface area (Å²) in [5.74, 6) is 6.10. The van der Waals surface area contributed by atoms with Gasteiger partial charge in [-0.15, -0.1) is 5.92 Å². The third-order valence-corrected chi connectivity index (χ3v) is 5.30. The van der Waals surface area contributed by atoms with Crippen molar-refractivity contribution in [1.82, 2.24) is 5.32 Å². The molecule has 2 aromatic carbocycles. The molecule has 3 rings (SSSR count). The van der Waals surface area contributed by atoms with Gasteiger partial charge in [0.25, 0.3) is 0 Å². The van der Waals surface area contributed by atoms with E-state index in [1.807, 2.05) is 40.0 Å². The molecule has 1 heterocycles. The SMILES string of the molecule is CC#Cc1ccc(-c2ccc3c(c2)N(C)C(C(C)C)C(=O)N[C@H](CO)C3)cc1. The van der Waals surface area contributed by atoms with Crippen LogP contribution in [-0.4, -0.2) is 36.8 Å². The van der Waals surface area contributed by atoms with Crippen LogP contribution in [0.1, 0.15) is 31.9 Å². The van der Waals surface area contributed by atoms with Gasteiger partial charge in [-0.05, 0) is 54.2 Å². The zero-order valence-electron chi connectivity index (χ0n) is 17.0. The highest BCUT2D eigenvalue weighted by Gasteiger charge is 2.32. The lowest BCUT2D eigenvalue weighted by Gasteiger charge is -2.37. The molecular formula is C24H28N2O2. The van der Waals surface area contributed by atoms with Gasteiger partial charge in [-0.25, -0.2) is 0 Å². The zero-order valence-corrected chi connectivity index (χ0v) is 17.0. The van der Waals surface area contributed by atoms with Gasteiger partial charge in [-0.2, -0.15) is 0 Å². The highest BCUT2D eigenvalue weighted by Crippen LogP contribution is 2.32. The van der Waals surface area contributed by atoms with Crippen LogP contribution in [0.15, 0.2) is 42.5 Å². The number of fused-ring (bicyclic) bond motifs is 1. The van der Waals surface area contributed by atoms with Gasteiger partial charge in [-0.3, -0.25) is 4.79 Å². The van der Waals surface area contributed by atoms with Crippen LogP contribution in [0.25, 0.3) is 11.1 Å². The van der Waals surface area contributed by atoms with Crippen LogP contribution in [-0.2, 0) is 11.2 Å². The summed E-state index contributed by atoms with van der Waals surface area (Å²) in [5.41, 5.74) is 5.39. The topological polar surface area (TPSA) is 52.6 Å². The molecule has 1 unspecified atom stereocenters. The Hall–Kier alpha value is -2.77. The van der Waals surface area contributed by atoms with Crippen molar-refractivity contribution in [1.29, 1.82) is 0 Å². The molecule has 0 saturated carbocycles. The van der Waals surface area contributed by atoms with Crippen molar-refractivity contribution in [2.45, 2.75) is 39.3 Å². The number of likely N-dealkylation sites (N-methyl/N-ethyl adjacent to an activating group) is 1. The average molecular weight is 377 g/mol. The van der Waals surface area contributed by atoms with Crippen molar-refractivity contribution in [2.75, 3.05) is 18.6 Å². The number of benzene rings is 2. The van der Waals surface area contributed by atoms with Crippen molar-refractivity contribution >= 4 is 11.6 Å². The van der Waals surface area contributed by atoms with E-state index >= 15 is 0 Å². The third kappa shape index (κ3) is 4.05. The molecular weight excluding hydrogens is 348 g/mol. The number of amides is 1. The maximum absolute atomic E-state index is 12.8. The van der Waals surface area contributed by atoms with Crippen molar-refractivity contribution in [3.63, 3.8) is 0 Å². The van der Waals surface area contributed by atoms with Crippen molar-refractivity contribution in [3.8, 4) is 23.0 Å². The average Bonchev–Trinajstić information content (AvgIpc) is 2.67. The lowest BCUT2D eigenvalue weighted by atomic mass is 9.93. The van der Waals surface area contributed by atoms with Crippen LogP contribution in [0.3, 0.4) is 0 Å². The maximum Gasteiger partial charge on any atom is 0.243 e. The Morgan fingerprint density at radius 2 is 1.86 bits per heavy atom. The Balaban J connectivity index is 2.05. The number of hydrogen-bond acceptors (Lipinski definition) is 3. The number of anilines is 1. The summed E-state index contributed by atoms with van der Waals surface area (Å²) in [6.45, 7) is 5.86. The second kappa shape index (κ2) is 8.50. The van der Waals surface area contributed by atoms with Gasteiger partial charge >= 0.3 is 0 Å². The zero-order chi connectivity index (χ0) is 20.3. The van der Waals surface area contributed by atoms with Crippen molar-refractivity contribution in [2.24, 2.45) is 5.92 Å². The molecule has 4 heteroatoms. The smallest absolute Gasteiger partial charge is 0.243 e. The van der Waals surface area contributed by atoms with Gasteiger partial charge < -0.3 is 15.3 Å². The first-order valence-electron chi connectivity index (χ1n) is 9.74. The fourth-order valence-electron chi connectivity index (χ4n) is 3.92. The number of nitrogens with zero attached hydrogens (tertiary/aromatic N) is 1. The second-order valence-corrected chi connectivity index (χ2v) is 7.69. The van der Waals surface area contributed by atoms with Gasteiger partial charge in [-0.1, -0.05) is 44.0 Å². The number of carbonyl (C=O) groups excluding carboxylic acids is 1. The molecule has 1 amide bonds. The third-order valence-electron chi connectivity index (χ3n) is 5.30. The molecule has 4 nitrogen and oxygen atoms in total. The van der Waals surface area contributed by atoms with E-state index in [2.05, 4.69) is 52.4 Å². The van der Waals surface area contributed by atoms with E-state index in [1.54, 1.807) is 0 Å². The van der Waals surface area contributed by atoms with Gasteiger partial charge in [0.2, 0.25) is 5.91 Å². The lowest BCUT2D eigenvalue weighted by Crippen LogP contribution is -2.54. The van der Waals surface area contributed by atoms with Crippen LogP contribution in [0, 0.1) is 17.8 Å². The Kier molecular flexibility index (Phi) is 6.06. The van der Waals surface area contributed by atoms with Crippen LogP contribution < -0.4 is 10.2 Å². The summed E-state index contributed by atoms with van der Waals surface area (Å²) < 4.78 is 0. The van der Waals surface area contributed by atoms with E-state index in [9.17, 15) is 9.90 Å². The van der Waals surface area contributed by atoms with E-state index in [0.717, 1.165) is 27.9 Å². The monoisotopic (exact) mass is 376 g/mol. The second-order valence-electron chi connectivity index (χ2n) is 7.69. The summed E-state index contributed by atoms with van der Waals surface area (Å²) in [5, 5.41) is 12.7. The first kappa shape index (κ1) is 20.0. The van der Waals surface area contributed by atoms with Crippen LogP contribution in [0.2, 0.25) is 0 Å². The minimum Gasteiger partial charge on any atom is -0.394 e. The fraction of sp³-hybridized carbons (Fsp3) is 0.375.